The molecular weight excluding hydrogens is 486 g/mol. The highest BCUT2D eigenvalue weighted by molar-refractivity contribution is 8.00. The summed E-state index contributed by atoms with van der Waals surface area (Å²) in [7, 11) is 4.00. The average Bonchev–Trinajstić information content (AvgIpc) is 3.54. The minimum absolute atomic E-state index is 0.0105. The molecule has 6 rings (SSSR count). The van der Waals surface area contributed by atoms with Gasteiger partial charge in [-0.1, -0.05) is 23.5 Å². The lowest BCUT2D eigenvalue weighted by Crippen LogP contribution is -2.42. The highest BCUT2D eigenvalue weighted by Crippen LogP contribution is 2.68. The Hall–Kier alpha value is -2.59. The Morgan fingerprint density at radius 2 is 1.80 bits per heavy atom. The van der Waals surface area contributed by atoms with E-state index in [1.54, 1.807) is 11.8 Å². The number of likely N-dealkylation sites (tertiary alicyclic amines) is 1. The number of carboxylic acid groups (broad SMARTS) is 1. The van der Waals surface area contributed by atoms with E-state index in [1.807, 2.05) is 19.0 Å². The van der Waals surface area contributed by atoms with Gasteiger partial charge in [-0.05, 0) is 48.3 Å². The number of carboxylic acids is 1. The molecule has 184 valence electrons. The number of aromatic amines is 1. The van der Waals surface area contributed by atoms with Gasteiger partial charge in [-0.2, -0.15) is 0 Å². The van der Waals surface area contributed by atoms with Gasteiger partial charge in [0, 0.05) is 48.8 Å². The van der Waals surface area contributed by atoms with Gasteiger partial charge in [0.15, 0.2) is 0 Å². The largest absolute Gasteiger partial charge is 0.481 e. The number of aromatic nitrogens is 1. The Labute approximate surface area is 210 Å². The van der Waals surface area contributed by atoms with Crippen LogP contribution in [0.2, 0.25) is 0 Å². The van der Waals surface area contributed by atoms with Crippen molar-refractivity contribution in [3.8, 4) is 0 Å². The summed E-state index contributed by atoms with van der Waals surface area (Å²) in [5.41, 5.74) is 2.24. The van der Waals surface area contributed by atoms with E-state index in [1.165, 1.54) is 16.2 Å². The number of imide groups is 1. The summed E-state index contributed by atoms with van der Waals surface area (Å²) in [6, 6.07) is 8.44. The Morgan fingerprint density at radius 1 is 1.11 bits per heavy atom. The summed E-state index contributed by atoms with van der Waals surface area (Å²) < 4.78 is 0. The van der Waals surface area contributed by atoms with E-state index in [0.29, 0.717) is 0 Å². The molecule has 2 bridgehead atoms. The summed E-state index contributed by atoms with van der Waals surface area (Å²) in [4.78, 5) is 57.4. The van der Waals surface area contributed by atoms with Crippen LogP contribution in [-0.2, 0) is 14.4 Å². The molecule has 2 amide bonds. The van der Waals surface area contributed by atoms with Gasteiger partial charge in [-0.15, -0.1) is 11.8 Å². The zero-order valence-electron chi connectivity index (χ0n) is 19.5. The van der Waals surface area contributed by atoms with Crippen LogP contribution in [0.4, 0.5) is 5.69 Å². The van der Waals surface area contributed by atoms with E-state index >= 15 is 0 Å². The molecular formula is C25H27N3O5S2. The van der Waals surface area contributed by atoms with Gasteiger partial charge >= 0.3 is 10.8 Å². The lowest BCUT2D eigenvalue weighted by atomic mass is 9.68. The second-order valence-corrected chi connectivity index (χ2v) is 12.5. The molecule has 7 atom stereocenters. The molecule has 3 fully saturated rings. The van der Waals surface area contributed by atoms with E-state index < -0.39 is 5.97 Å². The number of hydrogen-bond donors (Lipinski definition) is 2. The number of carbonyl (C=O) groups excluding carboxylic acids is 2. The smallest absolute Gasteiger partial charge is 0.305 e. The molecule has 0 unspecified atom stereocenters. The highest BCUT2D eigenvalue weighted by Gasteiger charge is 2.69. The van der Waals surface area contributed by atoms with Crippen molar-refractivity contribution in [3.63, 3.8) is 0 Å². The van der Waals surface area contributed by atoms with Gasteiger partial charge in [0.25, 0.3) is 0 Å². The third-order valence-electron chi connectivity index (χ3n) is 8.36. The second-order valence-electron chi connectivity index (χ2n) is 10.3. The van der Waals surface area contributed by atoms with Crippen LogP contribution in [0.3, 0.4) is 0 Å². The van der Waals surface area contributed by atoms with Crippen LogP contribution in [0, 0.1) is 29.6 Å². The first-order valence-corrected chi connectivity index (χ1v) is 13.7. The molecule has 1 saturated heterocycles. The molecule has 1 aromatic heterocycles. The van der Waals surface area contributed by atoms with Crippen molar-refractivity contribution in [1.82, 2.24) is 9.88 Å². The van der Waals surface area contributed by atoms with Gasteiger partial charge in [0.2, 0.25) is 11.8 Å². The lowest BCUT2D eigenvalue weighted by Gasteiger charge is -2.43. The van der Waals surface area contributed by atoms with Crippen molar-refractivity contribution in [2.24, 2.45) is 29.6 Å². The van der Waals surface area contributed by atoms with E-state index in [0.717, 1.165) is 27.6 Å². The number of nitrogens with one attached hydrogen (secondary N) is 1. The molecule has 1 aromatic carbocycles. The van der Waals surface area contributed by atoms with Crippen LogP contribution < -0.4 is 9.77 Å². The topological polar surface area (TPSA) is 111 Å². The molecule has 2 aliphatic heterocycles. The van der Waals surface area contributed by atoms with Gasteiger partial charge in [-0.25, -0.2) is 0 Å². The Morgan fingerprint density at radius 3 is 2.46 bits per heavy atom. The highest BCUT2D eigenvalue weighted by atomic mass is 32.2. The first-order chi connectivity index (χ1) is 16.8. The number of rotatable bonds is 6. The van der Waals surface area contributed by atoms with Crippen LogP contribution in [-0.4, -0.2) is 58.7 Å². The van der Waals surface area contributed by atoms with Crippen LogP contribution in [0.1, 0.15) is 35.6 Å². The number of thioether (sulfide) groups is 1. The maximum absolute atomic E-state index is 13.4. The van der Waals surface area contributed by atoms with Gasteiger partial charge in [0.05, 0.1) is 16.9 Å². The monoisotopic (exact) mass is 513 g/mol. The van der Waals surface area contributed by atoms with Crippen molar-refractivity contribution in [2.45, 2.75) is 35.5 Å². The maximum atomic E-state index is 13.4. The number of nitrogens with zero attached hydrogens (tertiary/aromatic N) is 2. The summed E-state index contributed by atoms with van der Waals surface area (Å²) in [5, 5.41) is 10.0. The molecule has 0 spiro atoms. The Balaban J connectivity index is 1.36. The normalized spacial score (nSPS) is 32.5. The number of hydrogen-bond acceptors (Lipinski definition) is 7. The fraction of sp³-hybridized carbons (Fsp3) is 0.520. The fourth-order valence-electron chi connectivity index (χ4n) is 7.04. The van der Waals surface area contributed by atoms with Crippen LogP contribution >= 0.6 is 23.1 Å². The number of benzene rings is 1. The summed E-state index contributed by atoms with van der Waals surface area (Å²) in [6.45, 7) is 0.176. The van der Waals surface area contributed by atoms with Crippen molar-refractivity contribution < 1.29 is 19.5 Å². The Bertz CT molecular complexity index is 1270. The summed E-state index contributed by atoms with van der Waals surface area (Å²) in [6.07, 6.45) is 1.07. The predicted octanol–water partition coefficient (Wildman–Crippen LogP) is 2.84. The standard InChI is InChI=1S/C25H27N3O5S2/c1-27(2)12-7-5-11(6-8-12)16-17-13-10-14(20(17)34-22-21(16)35-25(33)26-22)19-18(13)23(31)28(24(19)32)9-3-4-15(29)30/h5-8,13-14,16-20H,3-4,9-10H2,1-2H3,(H,26,33)(H,29,30)/t13-,14+,16+,17-,18+,19+,20-/m1/s1. The lowest BCUT2D eigenvalue weighted by molar-refractivity contribution is -0.142. The summed E-state index contributed by atoms with van der Waals surface area (Å²) in [5.74, 6) is -1.50. The van der Waals surface area contributed by atoms with Crippen molar-refractivity contribution >= 4 is 46.6 Å². The SMILES string of the molecule is CN(C)c1ccc([C@@H]2c3sc(=O)[nH]c3S[C@@H]3[C@H]4C[C@@H]([C@@H]5C(=O)N(CCCC(=O)O)C(=O)[C@@H]45)[C@H]23)cc1. The molecule has 0 radical (unpaired) electrons. The van der Waals surface area contributed by atoms with Gasteiger partial charge < -0.3 is 15.0 Å². The third-order valence-corrected chi connectivity index (χ3v) is 10.9. The number of aliphatic carboxylic acids is 1. The average molecular weight is 514 g/mol. The molecule has 8 nitrogen and oxygen atoms in total. The molecule has 35 heavy (non-hydrogen) atoms. The number of amides is 2. The van der Waals surface area contributed by atoms with Gasteiger partial charge in [0.1, 0.15) is 0 Å². The van der Waals surface area contributed by atoms with E-state index in [9.17, 15) is 19.2 Å². The minimum atomic E-state index is -0.921. The number of fused-ring (bicyclic) bond motifs is 9. The molecule has 2 aliphatic carbocycles. The molecule has 2 aromatic rings. The third kappa shape index (κ3) is 3.40. The molecule has 2 saturated carbocycles. The van der Waals surface area contributed by atoms with E-state index in [-0.39, 0.29) is 76.8 Å². The van der Waals surface area contributed by atoms with Crippen molar-refractivity contribution in [1.29, 1.82) is 0 Å². The number of anilines is 1. The van der Waals surface area contributed by atoms with Crippen LogP contribution in [0.15, 0.2) is 34.1 Å². The zero-order valence-corrected chi connectivity index (χ0v) is 21.1. The van der Waals surface area contributed by atoms with E-state index in [2.05, 4.69) is 29.2 Å². The molecule has 10 heteroatoms. The molecule has 3 heterocycles. The fourth-order valence-corrected chi connectivity index (χ4v) is 9.93. The second kappa shape index (κ2) is 8.23. The first kappa shape index (κ1) is 22.8. The number of thiazole rings is 1. The van der Waals surface area contributed by atoms with E-state index in [4.69, 9.17) is 5.11 Å². The number of carbonyl (C=O) groups is 3. The molecule has 4 aliphatic rings. The molecule has 2 N–H and O–H groups in total. The van der Waals surface area contributed by atoms with Crippen LogP contribution in [0.25, 0.3) is 0 Å². The zero-order chi connectivity index (χ0) is 24.6. The number of H-pyrrole nitrogens is 1. The van der Waals surface area contributed by atoms with Crippen molar-refractivity contribution in [2.75, 3.05) is 25.5 Å². The Kier molecular flexibility index (Phi) is 5.37. The van der Waals surface area contributed by atoms with Crippen molar-refractivity contribution in [3.05, 3.63) is 44.4 Å². The quantitative estimate of drug-likeness (QED) is 0.572. The summed E-state index contributed by atoms with van der Waals surface area (Å²) >= 11 is 2.94. The predicted molar refractivity (Wildman–Crippen MR) is 133 cm³/mol. The first-order valence-electron chi connectivity index (χ1n) is 12.0. The van der Waals surface area contributed by atoms with Gasteiger partial charge in [-0.3, -0.25) is 24.1 Å². The minimum Gasteiger partial charge on any atom is -0.481 e. The maximum Gasteiger partial charge on any atom is 0.305 e. The van der Waals surface area contributed by atoms with Crippen LogP contribution in [0.5, 0.6) is 0 Å².